The van der Waals surface area contributed by atoms with Crippen LogP contribution in [0.2, 0.25) is 0 Å². The number of benzene rings is 1. The van der Waals surface area contributed by atoms with E-state index in [1.165, 1.54) is 36.9 Å². The maximum absolute atomic E-state index is 15.0. The van der Waals surface area contributed by atoms with Gasteiger partial charge in [0.1, 0.15) is 18.0 Å². The van der Waals surface area contributed by atoms with Crippen LogP contribution in [0.1, 0.15) is 27.7 Å². The highest BCUT2D eigenvalue weighted by atomic mass is 19.1. The van der Waals surface area contributed by atoms with Crippen LogP contribution < -0.4 is 5.32 Å². The Bertz CT molecular complexity index is 1140. The van der Waals surface area contributed by atoms with E-state index < -0.39 is 17.9 Å². The summed E-state index contributed by atoms with van der Waals surface area (Å²) in [6.07, 6.45) is 5.11. The lowest BCUT2D eigenvalue weighted by Crippen LogP contribution is -2.14. The number of rotatable bonds is 4. The fourth-order valence-corrected chi connectivity index (χ4v) is 2.80. The van der Waals surface area contributed by atoms with Crippen molar-refractivity contribution in [2.24, 2.45) is 0 Å². The largest absolute Gasteiger partial charge is 0.306 e. The first-order valence-corrected chi connectivity index (χ1v) is 8.32. The third-order valence-electron chi connectivity index (χ3n) is 4.11. The van der Waals surface area contributed by atoms with Gasteiger partial charge in [0.15, 0.2) is 6.17 Å². The maximum atomic E-state index is 15.0. The van der Waals surface area contributed by atoms with Crippen LogP contribution >= 0.6 is 0 Å². The molecule has 6 nitrogen and oxygen atoms in total. The molecule has 4 rings (SSSR count). The summed E-state index contributed by atoms with van der Waals surface area (Å²) in [5.74, 6) is -0.868. The van der Waals surface area contributed by atoms with E-state index in [1.807, 2.05) is 0 Å². The van der Waals surface area contributed by atoms with Crippen LogP contribution in [-0.2, 0) is 0 Å². The van der Waals surface area contributed by atoms with E-state index in [9.17, 15) is 9.18 Å². The minimum Gasteiger partial charge on any atom is -0.306 e. The Hall–Kier alpha value is -3.81. The summed E-state index contributed by atoms with van der Waals surface area (Å²) in [6.45, 7) is 0. The van der Waals surface area contributed by atoms with Crippen LogP contribution in [0.25, 0.3) is 10.9 Å². The molecule has 0 aliphatic carbocycles. The van der Waals surface area contributed by atoms with Gasteiger partial charge < -0.3 is 5.32 Å². The fourth-order valence-electron chi connectivity index (χ4n) is 2.80. The van der Waals surface area contributed by atoms with Crippen molar-refractivity contribution in [1.82, 2.24) is 19.9 Å². The number of fused-ring (bicyclic) bond motifs is 1. The van der Waals surface area contributed by atoms with Crippen LogP contribution in [0.3, 0.4) is 0 Å². The van der Waals surface area contributed by atoms with Crippen LogP contribution in [0.4, 0.5) is 14.6 Å². The molecule has 1 N–H and O–H groups in total. The highest BCUT2D eigenvalue weighted by Gasteiger charge is 2.19. The lowest BCUT2D eigenvalue weighted by atomic mass is 9.99. The number of amides is 1. The van der Waals surface area contributed by atoms with E-state index in [0.29, 0.717) is 10.9 Å². The molecule has 8 heteroatoms. The summed E-state index contributed by atoms with van der Waals surface area (Å²) in [4.78, 5) is 28.5. The molecule has 0 aliphatic heterocycles. The van der Waals surface area contributed by atoms with Gasteiger partial charge in [-0.2, -0.15) is 0 Å². The molecule has 3 heterocycles. The van der Waals surface area contributed by atoms with Crippen molar-refractivity contribution in [3.63, 3.8) is 0 Å². The SMILES string of the molecule is O=C(Nc1ccc(F)cn1)c1cc(C(F)c2cncnc2)cc2cccnc12. The van der Waals surface area contributed by atoms with Crippen molar-refractivity contribution in [1.29, 1.82) is 0 Å². The molecule has 0 saturated heterocycles. The smallest absolute Gasteiger partial charge is 0.259 e. The average molecular weight is 377 g/mol. The molecule has 1 aromatic carbocycles. The van der Waals surface area contributed by atoms with Crippen molar-refractivity contribution in [3.8, 4) is 0 Å². The van der Waals surface area contributed by atoms with Crippen molar-refractivity contribution >= 4 is 22.6 Å². The molecule has 0 spiro atoms. The Kier molecular flexibility index (Phi) is 4.67. The van der Waals surface area contributed by atoms with E-state index in [2.05, 4.69) is 25.3 Å². The quantitative estimate of drug-likeness (QED) is 0.584. The monoisotopic (exact) mass is 377 g/mol. The molecule has 0 saturated carbocycles. The highest BCUT2D eigenvalue weighted by Crippen LogP contribution is 2.30. The normalized spacial score (nSPS) is 11.9. The molecular formula is C20H13F2N5O. The Morgan fingerprint density at radius 2 is 1.82 bits per heavy atom. The number of halogens is 2. The fraction of sp³-hybridized carbons (Fsp3) is 0.0500. The van der Waals surface area contributed by atoms with Crippen molar-refractivity contribution in [3.05, 3.63) is 90.0 Å². The Labute approximate surface area is 158 Å². The van der Waals surface area contributed by atoms with Crippen molar-refractivity contribution in [2.45, 2.75) is 6.17 Å². The van der Waals surface area contributed by atoms with Gasteiger partial charge in [0, 0.05) is 29.5 Å². The molecule has 28 heavy (non-hydrogen) atoms. The number of alkyl halides is 1. The van der Waals surface area contributed by atoms with E-state index in [-0.39, 0.29) is 22.5 Å². The summed E-state index contributed by atoms with van der Waals surface area (Å²) in [7, 11) is 0. The second kappa shape index (κ2) is 7.43. The van der Waals surface area contributed by atoms with Gasteiger partial charge in [0.2, 0.25) is 0 Å². The number of hydrogen-bond donors (Lipinski definition) is 1. The standard InChI is InChI=1S/C20H13F2N5O/c21-15-3-4-17(26-10-15)27-20(28)16-7-13(6-12-2-1-5-25-19(12)16)18(22)14-8-23-11-24-9-14/h1-11,18H,(H,26,27,28). The molecular weight excluding hydrogens is 364 g/mol. The summed E-state index contributed by atoms with van der Waals surface area (Å²) in [6, 6.07) is 9.04. The van der Waals surface area contributed by atoms with E-state index >= 15 is 4.39 Å². The summed E-state index contributed by atoms with van der Waals surface area (Å²) >= 11 is 0. The Morgan fingerprint density at radius 3 is 2.57 bits per heavy atom. The van der Waals surface area contributed by atoms with Crippen LogP contribution in [0.15, 0.2) is 67.5 Å². The lowest BCUT2D eigenvalue weighted by Gasteiger charge is -2.13. The van der Waals surface area contributed by atoms with Crippen LogP contribution in [0.5, 0.6) is 0 Å². The number of nitrogens with one attached hydrogen (secondary N) is 1. The predicted molar refractivity (Wildman–Crippen MR) is 98.9 cm³/mol. The number of aromatic nitrogens is 4. The van der Waals surface area contributed by atoms with Gasteiger partial charge in [0.05, 0.1) is 17.3 Å². The number of nitrogens with zero attached hydrogens (tertiary/aromatic N) is 4. The first kappa shape index (κ1) is 17.6. The van der Waals surface area contributed by atoms with Gasteiger partial charge in [-0.25, -0.2) is 23.7 Å². The Morgan fingerprint density at radius 1 is 1.00 bits per heavy atom. The van der Waals surface area contributed by atoms with Gasteiger partial charge in [-0.3, -0.25) is 9.78 Å². The number of anilines is 1. The molecule has 1 unspecified atom stereocenters. The van der Waals surface area contributed by atoms with Crippen LogP contribution in [0, 0.1) is 5.82 Å². The van der Waals surface area contributed by atoms with Crippen molar-refractivity contribution in [2.75, 3.05) is 5.32 Å². The average Bonchev–Trinajstić information content (AvgIpc) is 2.74. The second-order valence-electron chi connectivity index (χ2n) is 5.99. The molecule has 4 aromatic rings. The molecule has 0 fully saturated rings. The number of pyridine rings is 2. The van der Waals surface area contributed by atoms with E-state index in [1.54, 1.807) is 24.4 Å². The molecule has 1 amide bonds. The lowest BCUT2D eigenvalue weighted by molar-refractivity contribution is 0.102. The zero-order valence-electron chi connectivity index (χ0n) is 14.4. The molecule has 3 aromatic heterocycles. The van der Waals surface area contributed by atoms with E-state index in [4.69, 9.17) is 0 Å². The molecule has 0 bridgehead atoms. The molecule has 1 atom stereocenters. The zero-order valence-corrected chi connectivity index (χ0v) is 14.4. The Balaban J connectivity index is 1.76. The van der Waals surface area contributed by atoms with Crippen LogP contribution in [-0.4, -0.2) is 25.8 Å². The summed E-state index contributed by atoms with van der Waals surface area (Å²) < 4.78 is 28.0. The van der Waals surface area contributed by atoms with Gasteiger partial charge in [-0.1, -0.05) is 6.07 Å². The van der Waals surface area contributed by atoms with E-state index in [0.717, 1.165) is 6.20 Å². The number of carbonyl (C=O) groups is 1. The molecule has 138 valence electrons. The predicted octanol–water partition coefficient (Wildman–Crippen LogP) is 3.87. The van der Waals surface area contributed by atoms with Gasteiger partial charge in [-0.15, -0.1) is 0 Å². The topological polar surface area (TPSA) is 80.7 Å². The van der Waals surface area contributed by atoms with Gasteiger partial charge in [0.25, 0.3) is 5.91 Å². The minimum absolute atomic E-state index is 0.175. The molecule has 0 radical (unpaired) electrons. The zero-order chi connectivity index (χ0) is 19.5. The first-order chi connectivity index (χ1) is 13.6. The summed E-state index contributed by atoms with van der Waals surface area (Å²) in [5.41, 5.74) is 1.14. The van der Waals surface area contributed by atoms with Gasteiger partial charge >= 0.3 is 0 Å². The second-order valence-corrected chi connectivity index (χ2v) is 5.99. The number of hydrogen-bond acceptors (Lipinski definition) is 5. The van der Waals surface area contributed by atoms with Gasteiger partial charge in [-0.05, 0) is 35.9 Å². The molecule has 0 aliphatic rings. The minimum atomic E-state index is -1.51. The third kappa shape index (κ3) is 3.52. The third-order valence-corrected chi connectivity index (χ3v) is 4.11. The number of carbonyl (C=O) groups excluding carboxylic acids is 1. The summed E-state index contributed by atoms with van der Waals surface area (Å²) in [5, 5.41) is 3.19. The van der Waals surface area contributed by atoms with Crippen molar-refractivity contribution < 1.29 is 13.6 Å². The first-order valence-electron chi connectivity index (χ1n) is 8.32. The maximum Gasteiger partial charge on any atom is 0.259 e. The highest BCUT2D eigenvalue weighted by molar-refractivity contribution is 6.11.